The Kier molecular flexibility index (Phi) is 3.12. The van der Waals surface area contributed by atoms with E-state index in [1.807, 2.05) is 0 Å². The third-order valence-corrected chi connectivity index (χ3v) is 4.82. The van der Waals surface area contributed by atoms with Crippen LogP contribution in [-0.4, -0.2) is 12.5 Å². The largest absolute Gasteiger partial charge is 0.310 e. The third-order valence-electron chi connectivity index (χ3n) is 4.82. The van der Waals surface area contributed by atoms with Gasteiger partial charge in [-0.1, -0.05) is 29.8 Å². The molecule has 3 heteroatoms. The van der Waals surface area contributed by atoms with Gasteiger partial charge in [0.1, 0.15) is 0 Å². The van der Waals surface area contributed by atoms with E-state index in [4.69, 9.17) is 0 Å². The van der Waals surface area contributed by atoms with Gasteiger partial charge in [0.05, 0.1) is 0 Å². The molecule has 1 aliphatic heterocycles. The van der Waals surface area contributed by atoms with E-state index >= 15 is 0 Å². The van der Waals surface area contributed by atoms with E-state index in [0.717, 1.165) is 19.4 Å². The van der Waals surface area contributed by atoms with Gasteiger partial charge in [0.2, 0.25) is 5.92 Å². The van der Waals surface area contributed by atoms with Crippen LogP contribution in [0.2, 0.25) is 0 Å². The standard InChI is InChI=1S/C16H21F2N/c1-12-2-4-13(5-3-12)14-10-15(8-9-19-14)6-7-16(17,18)11-15/h2-5,14,19H,6-11H2,1H3/t14-,15?/m0/s1. The van der Waals surface area contributed by atoms with Crippen molar-refractivity contribution in [1.82, 2.24) is 5.32 Å². The zero-order valence-electron chi connectivity index (χ0n) is 11.4. The highest BCUT2D eigenvalue weighted by Gasteiger charge is 2.50. The summed E-state index contributed by atoms with van der Waals surface area (Å²) < 4.78 is 27.1. The quantitative estimate of drug-likeness (QED) is 0.801. The highest BCUT2D eigenvalue weighted by Crippen LogP contribution is 2.54. The lowest BCUT2D eigenvalue weighted by Crippen LogP contribution is -2.38. The van der Waals surface area contributed by atoms with Crippen LogP contribution in [0.1, 0.15) is 49.3 Å². The summed E-state index contributed by atoms with van der Waals surface area (Å²) >= 11 is 0. The van der Waals surface area contributed by atoms with Crippen LogP contribution in [0.4, 0.5) is 8.78 Å². The Morgan fingerprint density at radius 3 is 2.47 bits per heavy atom. The summed E-state index contributed by atoms with van der Waals surface area (Å²) in [6, 6.07) is 8.68. The van der Waals surface area contributed by atoms with Crippen LogP contribution in [-0.2, 0) is 0 Å². The van der Waals surface area contributed by atoms with Crippen molar-refractivity contribution in [3.63, 3.8) is 0 Å². The number of aryl methyl sites for hydroxylation is 1. The fourth-order valence-electron chi connectivity index (χ4n) is 3.71. The van der Waals surface area contributed by atoms with Gasteiger partial charge in [-0.25, -0.2) is 8.78 Å². The molecule has 1 unspecified atom stereocenters. The molecule has 1 nitrogen and oxygen atoms in total. The minimum Gasteiger partial charge on any atom is -0.310 e. The molecule has 0 radical (unpaired) electrons. The second-order valence-electron chi connectivity index (χ2n) is 6.40. The Hall–Kier alpha value is -0.960. The van der Waals surface area contributed by atoms with Crippen LogP contribution in [0.3, 0.4) is 0 Å². The van der Waals surface area contributed by atoms with E-state index in [9.17, 15) is 8.78 Å². The molecule has 1 saturated heterocycles. The van der Waals surface area contributed by atoms with Crippen molar-refractivity contribution in [3.8, 4) is 0 Å². The number of hydrogen-bond donors (Lipinski definition) is 1. The summed E-state index contributed by atoms with van der Waals surface area (Å²) in [6.07, 6.45) is 2.60. The molecule has 0 amide bonds. The van der Waals surface area contributed by atoms with Gasteiger partial charge in [0.25, 0.3) is 0 Å². The molecular weight excluding hydrogens is 244 g/mol. The second-order valence-corrected chi connectivity index (χ2v) is 6.40. The summed E-state index contributed by atoms with van der Waals surface area (Å²) in [5.74, 6) is -2.44. The fourth-order valence-corrected chi connectivity index (χ4v) is 3.71. The molecule has 2 fully saturated rings. The van der Waals surface area contributed by atoms with E-state index in [1.165, 1.54) is 11.1 Å². The molecule has 1 aromatic rings. The number of hydrogen-bond acceptors (Lipinski definition) is 1. The predicted molar refractivity (Wildman–Crippen MR) is 72.4 cm³/mol. The molecule has 1 N–H and O–H groups in total. The van der Waals surface area contributed by atoms with E-state index in [-0.39, 0.29) is 24.3 Å². The number of halogens is 2. The van der Waals surface area contributed by atoms with Gasteiger partial charge >= 0.3 is 0 Å². The number of nitrogens with one attached hydrogen (secondary N) is 1. The Balaban J connectivity index is 1.77. The minimum atomic E-state index is -2.44. The molecular formula is C16H21F2N. The van der Waals surface area contributed by atoms with E-state index < -0.39 is 5.92 Å². The van der Waals surface area contributed by atoms with Crippen molar-refractivity contribution < 1.29 is 8.78 Å². The number of piperidine rings is 1. The monoisotopic (exact) mass is 265 g/mol. The van der Waals surface area contributed by atoms with Gasteiger partial charge in [-0.3, -0.25) is 0 Å². The van der Waals surface area contributed by atoms with Crippen molar-refractivity contribution >= 4 is 0 Å². The van der Waals surface area contributed by atoms with E-state index in [2.05, 4.69) is 36.5 Å². The SMILES string of the molecule is Cc1ccc([C@@H]2CC3(CCN2)CCC(F)(F)C3)cc1. The first kappa shape index (κ1) is 13.0. The van der Waals surface area contributed by atoms with Crippen molar-refractivity contribution in [2.24, 2.45) is 5.41 Å². The van der Waals surface area contributed by atoms with Gasteiger partial charge in [0, 0.05) is 18.9 Å². The first-order chi connectivity index (χ1) is 8.98. The molecule has 0 aromatic heterocycles. The number of rotatable bonds is 1. The maximum Gasteiger partial charge on any atom is 0.248 e. The molecule has 104 valence electrons. The summed E-state index contributed by atoms with van der Waals surface area (Å²) in [4.78, 5) is 0. The Morgan fingerprint density at radius 1 is 1.11 bits per heavy atom. The summed E-state index contributed by atoms with van der Waals surface area (Å²) in [5, 5.41) is 3.49. The summed E-state index contributed by atoms with van der Waals surface area (Å²) in [5.41, 5.74) is 2.34. The van der Waals surface area contributed by atoms with Crippen LogP contribution < -0.4 is 5.32 Å². The molecule has 1 aromatic carbocycles. The van der Waals surface area contributed by atoms with Crippen molar-refractivity contribution in [2.75, 3.05) is 6.54 Å². The average Bonchev–Trinajstić information content (AvgIpc) is 2.65. The normalized spacial score (nSPS) is 33.7. The van der Waals surface area contributed by atoms with Crippen molar-refractivity contribution in [2.45, 2.75) is 51.0 Å². The minimum absolute atomic E-state index is 0.0770. The molecule has 2 aliphatic rings. The molecule has 1 heterocycles. The molecule has 1 aliphatic carbocycles. The van der Waals surface area contributed by atoms with Gasteiger partial charge in [-0.2, -0.15) is 0 Å². The topological polar surface area (TPSA) is 12.0 Å². The van der Waals surface area contributed by atoms with Gasteiger partial charge in [-0.15, -0.1) is 0 Å². The molecule has 19 heavy (non-hydrogen) atoms. The zero-order chi connectivity index (χ0) is 13.5. The molecule has 2 atom stereocenters. The predicted octanol–water partition coefficient (Wildman–Crippen LogP) is 4.23. The maximum atomic E-state index is 13.5. The number of alkyl halides is 2. The van der Waals surface area contributed by atoms with Crippen molar-refractivity contribution in [3.05, 3.63) is 35.4 Å². The Bertz CT molecular complexity index is 454. The first-order valence-electron chi connectivity index (χ1n) is 7.16. The third kappa shape index (κ3) is 2.66. The van der Waals surface area contributed by atoms with Gasteiger partial charge in [0.15, 0.2) is 0 Å². The zero-order valence-corrected chi connectivity index (χ0v) is 11.4. The van der Waals surface area contributed by atoms with Gasteiger partial charge < -0.3 is 5.32 Å². The van der Waals surface area contributed by atoms with E-state index in [0.29, 0.717) is 6.42 Å². The lowest BCUT2D eigenvalue weighted by Gasteiger charge is -2.39. The van der Waals surface area contributed by atoms with E-state index in [1.54, 1.807) is 0 Å². The highest BCUT2D eigenvalue weighted by molar-refractivity contribution is 5.25. The Morgan fingerprint density at radius 2 is 1.84 bits per heavy atom. The first-order valence-corrected chi connectivity index (χ1v) is 7.16. The molecule has 1 spiro atoms. The molecule has 3 rings (SSSR count). The Labute approximate surface area is 113 Å². The lowest BCUT2D eigenvalue weighted by molar-refractivity contribution is -0.00991. The fraction of sp³-hybridized carbons (Fsp3) is 0.625. The van der Waals surface area contributed by atoms with Crippen molar-refractivity contribution in [1.29, 1.82) is 0 Å². The second kappa shape index (κ2) is 4.55. The smallest absolute Gasteiger partial charge is 0.248 e. The highest BCUT2D eigenvalue weighted by atomic mass is 19.3. The summed E-state index contributed by atoms with van der Waals surface area (Å²) in [7, 11) is 0. The molecule has 1 saturated carbocycles. The van der Waals surface area contributed by atoms with Gasteiger partial charge in [-0.05, 0) is 43.7 Å². The van der Waals surface area contributed by atoms with Crippen LogP contribution in [0.5, 0.6) is 0 Å². The molecule has 0 bridgehead atoms. The summed E-state index contributed by atoms with van der Waals surface area (Å²) in [6.45, 7) is 2.92. The van der Waals surface area contributed by atoms with Crippen LogP contribution >= 0.6 is 0 Å². The van der Waals surface area contributed by atoms with Crippen LogP contribution in [0, 0.1) is 12.3 Å². The lowest BCUT2D eigenvalue weighted by atomic mass is 9.73. The average molecular weight is 265 g/mol. The van der Waals surface area contributed by atoms with Crippen LogP contribution in [0.15, 0.2) is 24.3 Å². The van der Waals surface area contributed by atoms with Crippen LogP contribution in [0.25, 0.3) is 0 Å². The maximum absolute atomic E-state index is 13.5. The number of benzene rings is 1.